The fourth-order valence-electron chi connectivity index (χ4n) is 1.78. The Morgan fingerprint density at radius 1 is 1.37 bits per heavy atom. The van der Waals surface area contributed by atoms with Gasteiger partial charge in [0.25, 0.3) is 5.91 Å². The summed E-state index contributed by atoms with van der Waals surface area (Å²) >= 11 is 0. The van der Waals surface area contributed by atoms with Crippen LogP contribution in [-0.4, -0.2) is 28.4 Å². The Morgan fingerprint density at radius 2 is 2.05 bits per heavy atom. The maximum atomic E-state index is 12.0. The predicted octanol–water partition coefficient (Wildman–Crippen LogP) is 0.774. The molecule has 1 aromatic rings. The van der Waals surface area contributed by atoms with Gasteiger partial charge in [-0.25, -0.2) is 4.79 Å². The third kappa shape index (κ3) is 2.57. The van der Waals surface area contributed by atoms with Crippen molar-refractivity contribution in [1.82, 2.24) is 5.32 Å². The third-order valence-corrected chi connectivity index (χ3v) is 2.95. The molecule has 19 heavy (non-hydrogen) atoms. The van der Waals surface area contributed by atoms with E-state index in [0.29, 0.717) is 11.3 Å². The number of carboxylic acid groups (broad SMARTS) is 1. The van der Waals surface area contributed by atoms with E-state index >= 15 is 0 Å². The van der Waals surface area contributed by atoms with Crippen LogP contribution in [0.25, 0.3) is 0 Å². The van der Waals surface area contributed by atoms with E-state index in [0.717, 1.165) is 5.56 Å². The van der Waals surface area contributed by atoms with Gasteiger partial charge in [-0.15, -0.1) is 0 Å². The molecule has 0 aliphatic carbocycles. The molecule has 0 atom stereocenters. The van der Waals surface area contributed by atoms with Crippen LogP contribution in [0, 0.1) is 0 Å². The second-order valence-corrected chi connectivity index (χ2v) is 4.98. The van der Waals surface area contributed by atoms with Gasteiger partial charge in [-0.05, 0) is 37.6 Å². The molecule has 3 N–H and O–H groups in total. The van der Waals surface area contributed by atoms with Crippen LogP contribution >= 0.6 is 0 Å². The van der Waals surface area contributed by atoms with Crippen molar-refractivity contribution in [2.24, 2.45) is 0 Å². The van der Waals surface area contributed by atoms with Crippen molar-refractivity contribution in [1.29, 1.82) is 0 Å². The van der Waals surface area contributed by atoms with Gasteiger partial charge >= 0.3 is 5.97 Å². The molecule has 1 aliphatic heterocycles. The van der Waals surface area contributed by atoms with Crippen molar-refractivity contribution in [3.63, 3.8) is 0 Å². The number of fused-ring (bicyclic) bond motifs is 1. The van der Waals surface area contributed by atoms with Crippen LogP contribution in [-0.2, 0) is 16.0 Å². The summed E-state index contributed by atoms with van der Waals surface area (Å²) in [4.78, 5) is 34.1. The maximum Gasteiger partial charge on any atom is 0.328 e. The van der Waals surface area contributed by atoms with Crippen LogP contribution in [0.3, 0.4) is 0 Å². The summed E-state index contributed by atoms with van der Waals surface area (Å²) in [6.07, 6.45) is 0.235. The van der Waals surface area contributed by atoms with Crippen molar-refractivity contribution in [2.75, 3.05) is 5.32 Å². The van der Waals surface area contributed by atoms with Crippen LogP contribution < -0.4 is 10.6 Å². The molecule has 1 aromatic carbocycles. The van der Waals surface area contributed by atoms with Gasteiger partial charge in [0, 0.05) is 11.3 Å². The first kappa shape index (κ1) is 13.1. The molecule has 0 saturated heterocycles. The molecule has 1 heterocycles. The van der Waals surface area contributed by atoms with Gasteiger partial charge in [-0.1, -0.05) is 0 Å². The summed E-state index contributed by atoms with van der Waals surface area (Å²) < 4.78 is 0. The Balaban J connectivity index is 2.20. The molecular weight excluding hydrogens is 248 g/mol. The summed E-state index contributed by atoms with van der Waals surface area (Å²) in [7, 11) is 0. The predicted molar refractivity (Wildman–Crippen MR) is 68.0 cm³/mol. The lowest BCUT2D eigenvalue weighted by Gasteiger charge is -2.21. The molecule has 6 heteroatoms. The summed E-state index contributed by atoms with van der Waals surface area (Å²) in [6.45, 7) is 2.82. The Labute approximate surface area is 109 Å². The van der Waals surface area contributed by atoms with Gasteiger partial charge in [0.15, 0.2) is 0 Å². The molecule has 2 rings (SSSR count). The number of hydrogen-bond acceptors (Lipinski definition) is 3. The highest BCUT2D eigenvalue weighted by Crippen LogP contribution is 2.24. The van der Waals surface area contributed by atoms with Crippen molar-refractivity contribution >= 4 is 23.5 Å². The molecule has 6 nitrogen and oxygen atoms in total. The van der Waals surface area contributed by atoms with Crippen LogP contribution in [0.5, 0.6) is 0 Å². The Bertz CT molecular complexity index is 578. The second-order valence-electron chi connectivity index (χ2n) is 4.98. The quantitative estimate of drug-likeness (QED) is 0.749. The van der Waals surface area contributed by atoms with Gasteiger partial charge in [0.05, 0.1) is 6.42 Å². The molecule has 0 fully saturated rings. The van der Waals surface area contributed by atoms with Crippen molar-refractivity contribution in [3.05, 3.63) is 29.3 Å². The molecule has 100 valence electrons. The monoisotopic (exact) mass is 262 g/mol. The molecule has 2 amide bonds. The van der Waals surface area contributed by atoms with Gasteiger partial charge in [-0.3, -0.25) is 9.59 Å². The number of anilines is 1. The normalized spacial score (nSPS) is 13.7. The largest absolute Gasteiger partial charge is 0.480 e. The van der Waals surface area contributed by atoms with E-state index in [1.165, 1.54) is 13.8 Å². The maximum absolute atomic E-state index is 12.0. The number of nitrogens with one attached hydrogen (secondary N) is 2. The first-order chi connectivity index (χ1) is 8.79. The van der Waals surface area contributed by atoms with E-state index < -0.39 is 17.4 Å². The molecule has 0 saturated carbocycles. The van der Waals surface area contributed by atoms with Gasteiger partial charge in [-0.2, -0.15) is 0 Å². The molecule has 1 aliphatic rings. The number of carboxylic acids is 1. The number of carbonyl (C=O) groups is 3. The number of carbonyl (C=O) groups excluding carboxylic acids is 2. The highest BCUT2D eigenvalue weighted by molar-refractivity contribution is 6.02. The van der Waals surface area contributed by atoms with E-state index in [1.54, 1.807) is 18.2 Å². The Morgan fingerprint density at radius 3 is 2.68 bits per heavy atom. The first-order valence-corrected chi connectivity index (χ1v) is 5.78. The molecule has 0 radical (unpaired) electrons. The minimum Gasteiger partial charge on any atom is -0.480 e. The Hall–Kier alpha value is -2.37. The third-order valence-electron chi connectivity index (χ3n) is 2.95. The zero-order valence-electron chi connectivity index (χ0n) is 10.6. The van der Waals surface area contributed by atoms with Gasteiger partial charge in [0.2, 0.25) is 5.91 Å². The minimum absolute atomic E-state index is 0.113. The van der Waals surface area contributed by atoms with Crippen LogP contribution in [0.15, 0.2) is 18.2 Å². The highest BCUT2D eigenvalue weighted by Gasteiger charge is 2.29. The van der Waals surface area contributed by atoms with E-state index in [1.807, 2.05) is 0 Å². The summed E-state index contributed by atoms with van der Waals surface area (Å²) in [6, 6.07) is 4.79. The summed E-state index contributed by atoms with van der Waals surface area (Å²) in [5.41, 5.74) is 0.430. The van der Waals surface area contributed by atoms with E-state index in [4.69, 9.17) is 5.11 Å². The molecule has 0 spiro atoms. The molecule has 0 bridgehead atoms. The topological polar surface area (TPSA) is 95.5 Å². The molecule has 0 unspecified atom stereocenters. The van der Waals surface area contributed by atoms with Gasteiger partial charge in [0.1, 0.15) is 5.54 Å². The van der Waals surface area contributed by atoms with Crippen LogP contribution in [0.1, 0.15) is 29.8 Å². The van der Waals surface area contributed by atoms with E-state index in [-0.39, 0.29) is 12.3 Å². The smallest absolute Gasteiger partial charge is 0.328 e. The number of benzene rings is 1. The second kappa shape index (κ2) is 4.38. The zero-order valence-corrected chi connectivity index (χ0v) is 10.6. The summed E-state index contributed by atoms with van der Waals surface area (Å²) in [5.74, 6) is -1.70. The standard InChI is InChI=1S/C13H14N2O4/c1-13(2,12(18)19)15-11(17)7-3-4-9-8(5-7)6-10(16)14-9/h3-5H,6H2,1-2H3,(H,14,16)(H,15,17)(H,18,19). The van der Waals surface area contributed by atoms with Gasteiger partial charge < -0.3 is 15.7 Å². The number of hydrogen-bond donors (Lipinski definition) is 3. The number of rotatable bonds is 3. The van der Waals surface area contributed by atoms with Crippen molar-refractivity contribution in [2.45, 2.75) is 25.8 Å². The van der Waals surface area contributed by atoms with Crippen molar-refractivity contribution < 1.29 is 19.5 Å². The molecular formula is C13H14N2O4. The average Bonchev–Trinajstić information content (AvgIpc) is 2.66. The summed E-state index contributed by atoms with van der Waals surface area (Å²) in [5, 5.41) is 14.1. The fourth-order valence-corrected chi connectivity index (χ4v) is 1.78. The van der Waals surface area contributed by atoms with Crippen LogP contribution in [0.2, 0.25) is 0 Å². The van der Waals surface area contributed by atoms with E-state index in [9.17, 15) is 14.4 Å². The zero-order chi connectivity index (χ0) is 14.2. The number of aliphatic carboxylic acids is 1. The van der Waals surface area contributed by atoms with Crippen molar-refractivity contribution in [3.8, 4) is 0 Å². The highest BCUT2D eigenvalue weighted by atomic mass is 16.4. The lowest BCUT2D eigenvalue weighted by Crippen LogP contribution is -2.49. The SMILES string of the molecule is CC(C)(NC(=O)c1ccc2c(c1)CC(=O)N2)C(=O)O. The lowest BCUT2D eigenvalue weighted by atomic mass is 10.0. The molecule has 0 aromatic heterocycles. The van der Waals surface area contributed by atoms with Crippen LogP contribution in [0.4, 0.5) is 5.69 Å². The Kier molecular flexibility index (Phi) is 3.01. The van der Waals surface area contributed by atoms with E-state index in [2.05, 4.69) is 10.6 Å². The minimum atomic E-state index is -1.34. The average molecular weight is 262 g/mol. The lowest BCUT2D eigenvalue weighted by molar-refractivity contribution is -0.143. The number of amides is 2. The first-order valence-electron chi connectivity index (χ1n) is 5.78. The fraction of sp³-hybridized carbons (Fsp3) is 0.308.